The van der Waals surface area contributed by atoms with Gasteiger partial charge in [0.1, 0.15) is 17.2 Å². The van der Waals surface area contributed by atoms with Crippen molar-refractivity contribution in [2.24, 2.45) is 10.2 Å². The molecule has 3 aromatic rings. The van der Waals surface area contributed by atoms with Crippen molar-refractivity contribution in [3.05, 3.63) is 54.1 Å². The lowest BCUT2D eigenvalue weighted by Crippen LogP contribution is -2.07. The molecule has 0 spiro atoms. The molecule has 0 saturated carbocycles. The SMILES string of the molecule is CCOC(=O)Cc1nc2ccc(F)cn2c1N=Nc1cccc(O)c1. The number of phenolic OH excluding ortho intramolecular Hbond substituents is 1. The zero-order valence-electron chi connectivity index (χ0n) is 13.4. The number of ether oxygens (including phenoxy) is 1. The van der Waals surface area contributed by atoms with E-state index in [0.717, 1.165) is 0 Å². The van der Waals surface area contributed by atoms with E-state index < -0.39 is 11.8 Å². The Labute approximate surface area is 142 Å². The molecule has 0 aliphatic rings. The molecule has 0 amide bonds. The van der Waals surface area contributed by atoms with Gasteiger partial charge in [-0.2, -0.15) is 0 Å². The summed E-state index contributed by atoms with van der Waals surface area (Å²) in [5.74, 6) is -0.653. The topological polar surface area (TPSA) is 88.5 Å². The predicted octanol–water partition coefficient (Wildman–Crippen LogP) is 3.70. The van der Waals surface area contributed by atoms with Gasteiger partial charge < -0.3 is 9.84 Å². The lowest BCUT2D eigenvalue weighted by molar-refractivity contribution is -0.142. The van der Waals surface area contributed by atoms with Gasteiger partial charge in [-0.25, -0.2) is 9.37 Å². The molecule has 2 aromatic heterocycles. The quantitative estimate of drug-likeness (QED) is 0.565. The molecule has 8 heteroatoms. The second-order valence-electron chi connectivity index (χ2n) is 5.16. The maximum Gasteiger partial charge on any atom is 0.312 e. The van der Waals surface area contributed by atoms with Gasteiger partial charge in [-0.05, 0) is 31.2 Å². The molecule has 0 fully saturated rings. The summed E-state index contributed by atoms with van der Waals surface area (Å²) in [6.07, 6.45) is 1.11. The largest absolute Gasteiger partial charge is 0.508 e. The smallest absolute Gasteiger partial charge is 0.312 e. The summed E-state index contributed by atoms with van der Waals surface area (Å²) < 4.78 is 19.9. The maximum absolute atomic E-state index is 13.6. The van der Waals surface area contributed by atoms with Crippen LogP contribution in [0.15, 0.2) is 52.8 Å². The lowest BCUT2D eigenvalue weighted by atomic mass is 10.3. The Morgan fingerprint density at radius 1 is 1.32 bits per heavy atom. The van der Waals surface area contributed by atoms with Crippen molar-refractivity contribution in [1.82, 2.24) is 9.38 Å². The molecule has 25 heavy (non-hydrogen) atoms. The third-order valence-corrected chi connectivity index (χ3v) is 3.33. The number of aromatic hydroxyl groups is 1. The van der Waals surface area contributed by atoms with Gasteiger partial charge in [-0.15, -0.1) is 10.2 Å². The highest BCUT2D eigenvalue weighted by Crippen LogP contribution is 2.26. The number of carbonyl (C=O) groups is 1. The van der Waals surface area contributed by atoms with Crippen LogP contribution >= 0.6 is 0 Å². The van der Waals surface area contributed by atoms with Crippen molar-refractivity contribution in [3.8, 4) is 5.75 Å². The number of nitrogens with zero attached hydrogens (tertiary/aromatic N) is 4. The minimum atomic E-state index is -0.471. The van der Waals surface area contributed by atoms with Crippen LogP contribution in [0.2, 0.25) is 0 Å². The normalized spacial score (nSPS) is 11.3. The number of imidazole rings is 1. The molecule has 0 atom stereocenters. The average Bonchev–Trinajstić information content (AvgIpc) is 2.89. The predicted molar refractivity (Wildman–Crippen MR) is 87.8 cm³/mol. The molecule has 128 valence electrons. The molecular weight excluding hydrogens is 327 g/mol. The van der Waals surface area contributed by atoms with E-state index in [-0.39, 0.29) is 24.6 Å². The molecule has 1 N–H and O–H groups in total. The standard InChI is InChI=1S/C17H15FN4O3/c1-2-25-16(24)9-14-17(21-20-12-4-3-5-13(23)8-12)22-10-11(18)6-7-15(22)19-14/h3-8,10,23H,2,9H2,1H3. The summed E-state index contributed by atoms with van der Waals surface area (Å²) in [6.45, 7) is 1.96. The average molecular weight is 342 g/mol. The first-order valence-corrected chi connectivity index (χ1v) is 7.59. The first-order chi connectivity index (χ1) is 12.1. The Morgan fingerprint density at radius 2 is 2.16 bits per heavy atom. The zero-order chi connectivity index (χ0) is 17.8. The summed E-state index contributed by atoms with van der Waals surface area (Å²) in [4.78, 5) is 16.1. The first-order valence-electron chi connectivity index (χ1n) is 7.59. The number of benzene rings is 1. The number of hydrogen-bond donors (Lipinski definition) is 1. The van der Waals surface area contributed by atoms with Crippen molar-refractivity contribution in [1.29, 1.82) is 0 Å². The van der Waals surface area contributed by atoms with E-state index in [0.29, 0.717) is 17.0 Å². The van der Waals surface area contributed by atoms with E-state index in [2.05, 4.69) is 15.2 Å². The van der Waals surface area contributed by atoms with Crippen LogP contribution in [0.3, 0.4) is 0 Å². The number of phenols is 1. The summed E-state index contributed by atoms with van der Waals surface area (Å²) in [5.41, 5.74) is 1.17. The van der Waals surface area contributed by atoms with Gasteiger partial charge in [-0.3, -0.25) is 9.20 Å². The molecule has 0 bridgehead atoms. The summed E-state index contributed by atoms with van der Waals surface area (Å²) in [5, 5.41) is 17.6. The number of hydrogen-bond acceptors (Lipinski definition) is 6. The van der Waals surface area contributed by atoms with Crippen LogP contribution in [0.1, 0.15) is 12.6 Å². The second kappa shape index (κ2) is 7.08. The molecule has 1 aromatic carbocycles. The fourth-order valence-electron chi connectivity index (χ4n) is 2.29. The van der Waals surface area contributed by atoms with Gasteiger partial charge in [0, 0.05) is 12.3 Å². The van der Waals surface area contributed by atoms with Crippen molar-refractivity contribution in [2.75, 3.05) is 6.61 Å². The van der Waals surface area contributed by atoms with E-state index >= 15 is 0 Å². The Balaban J connectivity index is 2.03. The van der Waals surface area contributed by atoms with Gasteiger partial charge >= 0.3 is 5.97 Å². The Bertz CT molecular complexity index is 952. The number of carbonyl (C=O) groups excluding carboxylic acids is 1. The van der Waals surface area contributed by atoms with Crippen LogP contribution in [0.4, 0.5) is 15.9 Å². The number of esters is 1. The van der Waals surface area contributed by atoms with Crippen molar-refractivity contribution >= 4 is 23.1 Å². The Hall–Kier alpha value is -3.29. The molecular formula is C17H15FN4O3. The molecule has 0 saturated heterocycles. The second-order valence-corrected chi connectivity index (χ2v) is 5.16. The van der Waals surface area contributed by atoms with Crippen LogP contribution in [0.25, 0.3) is 5.65 Å². The van der Waals surface area contributed by atoms with Crippen LogP contribution < -0.4 is 0 Å². The van der Waals surface area contributed by atoms with Gasteiger partial charge in [0.15, 0.2) is 5.82 Å². The zero-order valence-corrected chi connectivity index (χ0v) is 13.4. The minimum Gasteiger partial charge on any atom is -0.508 e. The van der Waals surface area contributed by atoms with E-state index in [1.54, 1.807) is 19.1 Å². The highest BCUT2D eigenvalue weighted by atomic mass is 19.1. The number of azo groups is 1. The van der Waals surface area contributed by atoms with Gasteiger partial charge in [0.25, 0.3) is 0 Å². The molecule has 0 aliphatic heterocycles. The molecule has 3 rings (SSSR count). The number of aromatic nitrogens is 2. The molecule has 0 radical (unpaired) electrons. The fourth-order valence-corrected chi connectivity index (χ4v) is 2.29. The maximum atomic E-state index is 13.6. The van der Waals surface area contributed by atoms with Gasteiger partial charge in [-0.1, -0.05) is 6.07 Å². The number of halogens is 1. The van der Waals surface area contributed by atoms with E-state index in [9.17, 15) is 14.3 Å². The van der Waals surface area contributed by atoms with Crippen LogP contribution in [0, 0.1) is 5.82 Å². The Morgan fingerprint density at radius 3 is 2.92 bits per heavy atom. The molecule has 0 aliphatic carbocycles. The number of rotatable bonds is 5. The van der Waals surface area contributed by atoms with Crippen molar-refractivity contribution in [2.45, 2.75) is 13.3 Å². The third kappa shape index (κ3) is 3.79. The lowest BCUT2D eigenvalue weighted by Gasteiger charge is -2.01. The molecule has 7 nitrogen and oxygen atoms in total. The van der Waals surface area contributed by atoms with Crippen LogP contribution in [0.5, 0.6) is 5.75 Å². The minimum absolute atomic E-state index is 0.0485. The van der Waals surface area contributed by atoms with E-state index in [4.69, 9.17) is 4.74 Å². The number of fused-ring (bicyclic) bond motifs is 1. The summed E-state index contributed by atoms with van der Waals surface area (Å²) in [6, 6.07) is 8.96. The third-order valence-electron chi connectivity index (χ3n) is 3.33. The van der Waals surface area contributed by atoms with Crippen molar-refractivity contribution < 1.29 is 19.0 Å². The monoisotopic (exact) mass is 342 g/mol. The summed E-state index contributed by atoms with van der Waals surface area (Å²) >= 11 is 0. The highest BCUT2D eigenvalue weighted by Gasteiger charge is 2.16. The van der Waals surface area contributed by atoms with Crippen molar-refractivity contribution in [3.63, 3.8) is 0 Å². The first kappa shape index (κ1) is 16.6. The molecule has 2 heterocycles. The van der Waals surface area contributed by atoms with Gasteiger partial charge in [0.2, 0.25) is 0 Å². The van der Waals surface area contributed by atoms with Crippen LogP contribution in [-0.2, 0) is 16.0 Å². The van der Waals surface area contributed by atoms with E-state index in [1.807, 2.05) is 0 Å². The van der Waals surface area contributed by atoms with E-state index in [1.165, 1.54) is 34.9 Å². The number of pyridine rings is 1. The summed E-state index contributed by atoms with van der Waals surface area (Å²) in [7, 11) is 0. The van der Waals surface area contributed by atoms with Gasteiger partial charge in [0.05, 0.1) is 24.4 Å². The molecule has 0 unspecified atom stereocenters. The fraction of sp³-hybridized carbons (Fsp3) is 0.176. The highest BCUT2D eigenvalue weighted by molar-refractivity contribution is 5.74. The van der Waals surface area contributed by atoms with Crippen LogP contribution in [-0.4, -0.2) is 27.1 Å². The Kier molecular flexibility index (Phi) is 4.69.